The molecule has 0 heterocycles. The maximum absolute atomic E-state index is 9.49. The lowest BCUT2D eigenvalue weighted by molar-refractivity contribution is 0.113. The number of aliphatic hydroxyl groups excluding tert-OH is 2. The van der Waals surface area contributed by atoms with Crippen LogP contribution >= 0.6 is 0 Å². The van der Waals surface area contributed by atoms with E-state index in [1.54, 1.807) is 0 Å². The molecule has 1 atom stereocenters. The van der Waals surface area contributed by atoms with Crippen LogP contribution in [0.25, 0.3) is 0 Å². The third-order valence-electron chi connectivity index (χ3n) is 2.43. The first-order chi connectivity index (χ1) is 6.18. The summed E-state index contributed by atoms with van der Waals surface area (Å²) >= 11 is 0. The molecular weight excluding hydrogens is 164 g/mol. The van der Waals surface area contributed by atoms with Gasteiger partial charge in [-0.1, -0.05) is 39.5 Å². The first-order valence-electron chi connectivity index (χ1n) is 5.47. The highest BCUT2D eigenvalue weighted by Crippen LogP contribution is 2.12. The third-order valence-corrected chi connectivity index (χ3v) is 2.43. The van der Waals surface area contributed by atoms with Gasteiger partial charge in [-0.3, -0.25) is 0 Å². The average molecular weight is 188 g/mol. The Morgan fingerprint density at radius 2 is 1.46 bits per heavy atom. The van der Waals surface area contributed by atoms with E-state index in [1.807, 2.05) is 0 Å². The van der Waals surface area contributed by atoms with Gasteiger partial charge in [0.25, 0.3) is 0 Å². The lowest BCUT2D eigenvalue weighted by atomic mass is 10.0. The summed E-state index contributed by atoms with van der Waals surface area (Å²) in [6.45, 7) is 4.42. The maximum Gasteiger partial charge on any atom is 0.0563 e. The number of aliphatic hydroxyl groups is 2. The predicted octanol–water partition coefficient (Wildman–Crippen LogP) is 2.34. The Balaban J connectivity index is 3.07. The van der Waals surface area contributed by atoms with Gasteiger partial charge in [0.05, 0.1) is 6.10 Å². The Kier molecular flexibility index (Phi) is 8.46. The fourth-order valence-corrected chi connectivity index (χ4v) is 1.33. The van der Waals surface area contributed by atoms with Gasteiger partial charge in [0.2, 0.25) is 0 Å². The molecule has 1 unspecified atom stereocenters. The standard InChI is InChI=1S/C11H24O2/c1-10(2)11(13)8-6-4-3-5-7-9-12/h10-13H,3-9H2,1-2H3. The van der Waals surface area contributed by atoms with E-state index in [1.165, 1.54) is 12.8 Å². The number of unbranched alkanes of at least 4 members (excludes halogenated alkanes) is 4. The molecule has 0 aromatic carbocycles. The smallest absolute Gasteiger partial charge is 0.0563 e. The summed E-state index contributed by atoms with van der Waals surface area (Å²) in [7, 11) is 0. The van der Waals surface area contributed by atoms with Crippen LogP contribution in [0.2, 0.25) is 0 Å². The van der Waals surface area contributed by atoms with Crippen LogP contribution < -0.4 is 0 Å². The van der Waals surface area contributed by atoms with Gasteiger partial charge in [0.1, 0.15) is 0 Å². The molecule has 0 aliphatic carbocycles. The minimum Gasteiger partial charge on any atom is -0.396 e. The van der Waals surface area contributed by atoms with Crippen LogP contribution in [0, 0.1) is 5.92 Å². The molecule has 0 radical (unpaired) electrons. The lowest BCUT2D eigenvalue weighted by Gasteiger charge is -2.13. The van der Waals surface area contributed by atoms with Gasteiger partial charge >= 0.3 is 0 Å². The highest BCUT2D eigenvalue weighted by molar-refractivity contribution is 4.59. The summed E-state index contributed by atoms with van der Waals surface area (Å²) in [6.07, 6.45) is 6.33. The van der Waals surface area contributed by atoms with E-state index in [0.29, 0.717) is 12.5 Å². The van der Waals surface area contributed by atoms with Crippen LogP contribution in [0.3, 0.4) is 0 Å². The van der Waals surface area contributed by atoms with E-state index in [9.17, 15) is 5.11 Å². The summed E-state index contributed by atoms with van der Waals surface area (Å²) in [4.78, 5) is 0. The van der Waals surface area contributed by atoms with E-state index in [0.717, 1.165) is 25.7 Å². The summed E-state index contributed by atoms with van der Waals surface area (Å²) in [5.74, 6) is 0.387. The zero-order valence-electron chi connectivity index (χ0n) is 9.00. The fourth-order valence-electron chi connectivity index (χ4n) is 1.33. The van der Waals surface area contributed by atoms with Crippen molar-refractivity contribution in [1.82, 2.24) is 0 Å². The van der Waals surface area contributed by atoms with E-state index < -0.39 is 0 Å². The van der Waals surface area contributed by atoms with Crippen LogP contribution in [-0.2, 0) is 0 Å². The molecule has 0 saturated carbocycles. The quantitative estimate of drug-likeness (QED) is 0.574. The molecule has 13 heavy (non-hydrogen) atoms. The second-order valence-corrected chi connectivity index (χ2v) is 4.09. The third kappa shape index (κ3) is 8.26. The Morgan fingerprint density at radius 3 is 2.00 bits per heavy atom. The van der Waals surface area contributed by atoms with Crippen molar-refractivity contribution in [3.8, 4) is 0 Å². The molecule has 0 aromatic heterocycles. The Morgan fingerprint density at radius 1 is 0.923 bits per heavy atom. The maximum atomic E-state index is 9.49. The minimum absolute atomic E-state index is 0.127. The molecule has 0 rings (SSSR count). The van der Waals surface area contributed by atoms with Crippen molar-refractivity contribution < 1.29 is 10.2 Å². The van der Waals surface area contributed by atoms with Crippen LogP contribution in [0.5, 0.6) is 0 Å². The van der Waals surface area contributed by atoms with E-state index in [-0.39, 0.29) is 6.10 Å². The van der Waals surface area contributed by atoms with E-state index in [4.69, 9.17) is 5.11 Å². The molecular formula is C11H24O2. The zero-order valence-corrected chi connectivity index (χ0v) is 9.00. The highest BCUT2D eigenvalue weighted by atomic mass is 16.3. The van der Waals surface area contributed by atoms with Crippen molar-refractivity contribution in [1.29, 1.82) is 0 Å². The van der Waals surface area contributed by atoms with Crippen molar-refractivity contribution in [2.75, 3.05) is 6.61 Å². The molecule has 2 heteroatoms. The molecule has 0 spiro atoms. The monoisotopic (exact) mass is 188 g/mol. The van der Waals surface area contributed by atoms with Gasteiger partial charge in [0.15, 0.2) is 0 Å². The van der Waals surface area contributed by atoms with E-state index in [2.05, 4.69) is 13.8 Å². The van der Waals surface area contributed by atoms with Crippen LogP contribution in [0.1, 0.15) is 52.4 Å². The summed E-state index contributed by atoms with van der Waals surface area (Å²) < 4.78 is 0. The molecule has 0 aliphatic rings. The molecule has 0 bridgehead atoms. The average Bonchev–Trinajstić information content (AvgIpc) is 2.10. The first kappa shape index (κ1) is 12.9. The van der Waals surface area contributed by atoms with Crippen LogP contribution in [0.4, 0.5) is 0 Å². The van der Waals surface area contributed by atoms with Crippen LogP contribution in [-0.4, -0.2) is 22.9 Å². The molecule has 0 fully saturated rings. The van der Waals surface area contributed by atoms with Crippen molar-refractivity contribution in [2.24, 2.45) is 5.92 Å². The molecule has 80 valence electrons. The van der Waals surface area contributed by atoms with Crippen LogP contribution in [0.15, 0.2) is 0 Å². The highest BCUT2D eigenvalue weighted by Gasteiger charge is 2.07. The fraction of sp³-hybridized carbons (Fsp3) is 1.00. The van der Waals surface area contributed by atoms with Gasteiger partial charge in [-0.2, -0.15) is 0 Å². The lowest BCUT2D eigenvalue weighted by Crippen LogP contribution is -2.13. The second kappa shape index (κ2) is 8.52. The molecule has 0 aromatic rings. The Bertz CT molecular complexity index is 102. The molecule has 0 aliphatic heterocycles. The molecule has 0 saturated heterocycles. The van der Waals surface area contributed by atoms with Gasteiger partial charge < -0.3 is 10.2 Å². The largest absolute Gasteiger partial charge is 0.396 e. The second-order valence-electron chi connectivity index (χ2n) is 4.09. The number of hydrogen-bond acceptors (Lipinski definition) is 2. The number of hydrogen-bond donors (Lipinski definition) is 2. The zero-order chi connectivity index (χ0) is 10.1. The van der Waals surface area contributed by atoms with Crippen molar-refractivity contribution in [3.05, 3.63) is 0 Å². The normalized spacial score (nSPS) is 13.6. The first-order valence-corrected chi connectivity index (χ1v) is 5.47. The van der Waals surface area contributed by atoms with Crippen molar-refractivity contribution in [3.63, 3.8) is 0 Å². The summed E-state index contributed by atoms with van der Waals surface area (Å²) in [5, 5.41) is 18.0. The van der Waals surface area contributed by atoms with Gasteiger partial charge in [-0.05, 0) is 18.8 Å². The van der Waals surface area contributed by atoms with Crippen molar-refractivity contribution in [2.45, 2.75) is 58.5 Å². The predicted molar refractivity (Wildman–Crippen MR) is 55.6 cm³/mol. The molecule has 2 nitrogen and oxygen atoms in total. The minimum atomic E-state index is -0.127. The van der Waals surface area contributed by atoms with Gasteiger partial charge in [-0.25, -0.2) is 0 Å². The van der Waals surface area contributed by atoms with Gasteiger partial charge in [0, 0.05) is 6.61 Å². The molecule has 0 amide bonds. The van der Waals surface area contributed by atoms with E-state index >= 15 is 0 Å². The Labute approximate surface area is 82.0 Å². The SMILES string of the molecule is CC(C)C(O)CCCCCCCO. The van der Waals surface area contributed by atoms with Gasteiger partial charge in [-0.15, -0.1) is 0 Å². The summed E-state index contributed by atoms with van der Waals surface area (Å²) in [6, 6.07) is 0. The topological polar surface area (TPSA) is 40.5 Å². The molecule has 2 N–H and O–H groups in total. The number of rotatable bonds is 8. The van der Waals surface area contributed by atoms with Crippen molar-refractivity contribution >= 4 is 0 Å². The summed E-state index contributed by atoms with van der Waals surface area (Å²) in [5.41, 5.74) is 0. The Hall–Kier alpha value is -0.0800.